The molecule has 0 aromatic rings. The molecule has 0 saturated heterocycles. The highest BCUT2D eigenvalue weighted by Crippen LogP contribution is 2.06. The molecule has 0 spiro atoms. The first-order valence-electron chi connectivity index (χ1n) is 3.48. The molecule has 14 heavy (non-hydrogen) atoms. The van der Waals surface area contributed by atoms with Gasteiger partial charge >= 0.3 is 13.2 Å². The Kier molecular flexibility index (Phi) is 4.41. The molecule has 0 aromatic heterocycles. The number of rotatable bonds is 0. The maximum absolute atomic E-state index is 12.3. The molecule has 0 saturated carbocycles. The van der Waals surface area contributed by atoms with E-state index in [4.69, 9.17) is 5.73 Å². The van der Waals surface area contributed by atoms with Crippen molar-refractivity contribution in [3.8, 4) is 0 Å². The van der Waals surface area contributed by atoms with Crippen LogP contribution in [0.1, 0.15) is 0 Å². The minimum absolute atomic E-state index is 0.272. The first-order valence-corrected chi connectivity index (χ1v) is 3.48. The van der Waals surface area contributed by atoms with Crippen LogP contribution < -0.4 is 11.2 Å². The largest absolute Gasteiger partial charge is 0.673 e. The molecule has 0 bridgehead atoms. The molecule has 3 nitrogen and oxygen atoms in total. The second-order valence-electron chi connectivity index (χ2n) is 2.38. The van der Waals surface area contributed by atoms with E-state index in [9.17, 15) is 21.7 Å². The van der Waals surface area contributed by atoms with Crippen molar-refractivity contribution in [2.75, 3.05) is 7.05 Å². The molecule has 9 heteroatoms. The summed E-state index contributed by atoms with van der Waals surface area (Å²) >= 11 is 0. The molecule has 0 amide bonds. The van der Waals surface area contributed by atoms with Gasteiger partial charge in [-0.3, -0.25) is 0 Å². The highest BCUT2D eigenvalue weighted by atomic mass is 19.5. The Hall–Kier alpha value is -1.25. The summed E-state index contributed by atoms with van der Waals surface area (Å²) in [6.07, 6.45) is 2.85. The van der Waals surface area contributed by atoms with Crippen LogP contribution in [0.15, 0.2) is 23.9 Å². The molecule has 1 rings (SSSR count). The third-order valence-electron chi connectivity index (χ3n) is 1.14. The van der Waals surface area contributed by atoms with Gasteiger partial charge in [-0.15, -0.1) is 4.39 Å². The van der Waals surface area contributed by atoms with Crippen molar-refractivity contribution in [1.29, 1.82) is 0 Å². The monoisotopic (exact) mass is 217 g/mol. The Morgan fingerprint density at radius 2 is 1.71 bits per heavy atom. The molecule has 0 fully saturated rings. The third-order valence-corrected chi connectivity index (χ3v) is 1.14. The lowest BCUT2D eigenvalue weighted by Gasteiger charge is -2.16. The molecule has 4 N–H and O–H groups in total. The Morgan fingerprint density at radius 3 is 2.00 bits per heavy atom. The number of halogens is 5. The van der Waals surface area contributed by atoms with Crippen LogP contribution in [0.3, 0.4) is 0 Å². The van der Waals surface area contributed by atoms with Crippen LogP contribution in [0, 0.1) is 0 Å². The number of hydrogen-bond acceptors (Lipinski definition) is 2. The molecule has 0 unspecified atom stereocenters. The van der Waals surface area contributed by atoms with Gasteiger partial charge in [0.05, 0.1) is 7.05 Å². The maximum atomic E-state index is 12.3. The van der Waals surface area contributed by atoms with E-state index < -0.39 is 7.25 Å². The fourth-order valence-electron chi connectivity index (χ4n) is 0.585. The lowest BCUT2D eigenvalue weighted by Crippen LogP contribution is -2.91. The summed E-state index contributed by atoms with van der Waals surface area (Å²) in [4.78, 5) is 0. The fourth-order valence-corrected chi connectivity index (χ4v) is 0.585. The predicted octanol–water partition coefficient (Wildman–Crippen LogP) is 0.321. The zero-order valence-corrected chi connectivity index (χ0v) is 7.22. The number of hydrogen-bond donors (Lipinski definition) is 2. The quantitative estimate of drug-likeness (QED) is 0.265. The average molecular weight is 217 g/mol. The lowest BCUT2D eigenvalue weighted by atomic mass is 10.3. The number of allylic oxidation sites excluding steroid dienone is 2. The summed E-state index contributed by atoms with van der Waals surface area (Å²) in [7, 11) is -4.31. The molecular formula is C5H9BF5N3. The van der Waals surface area contributed by atoms with E-state index in [1.54, 1.807) is 7.05 Å². The molecule has 82 valence electrons. The minimum Gasteiger partial charge on any atom is -0.418 e. The second kappa shape index (κ2) is 4.84. The van der Waals surface area contributed by atoms with Crippen LogP contribution in [0.25, 0.3) is 0 Å². The Morgan fingerprint density at radius 1 is 1.29 bits per heavy atom. The minimum atomic E-state index is -6.00. The highest BCUT2D eigenvalue weighted by Gasteiger charge is 2.20. The summed E-state index contributed by atoms with van der Waals surface area (Å²) in [5.41, 5.74) is 6.71. The van der Waals surface area contributed by atoms with Crippen molar-refractivity contribution >= 4 is 7.25 Å². The van der Waals surface area contributed by atoms with E-state index in [-0.39, 0.29) is 5.95 Å². The first-order chi connectivity index (χ1) is 6.20. The zero-order valence-electron chi connectivity index (χ0n) is 7.22. The van der Waals surface area contributed by atoms with E-state index in [0.29, 0.717) is 5.82 Å². The number of nitrogens with zero attached hydrogens (tertiary/aromatic N) is 1. The van der Waals surface area contributed by atoms with E-state index in [0.717, 1.165) is 0 Å². The van der Waals surface area contributed by atoms with Gasteiger partial charge in [-0.05, 0) is 6.08 Å². The van der Waals surface area contributed by atoms with Gasteiger partial charge < -0.3 is 23.0 Å². The summed E-state index contributed by atoms with van der Waals surface area (Å²) in [5.74, 6) is 0.281. The van der Waals surface area contributed by atoms with Gasteiger partial charge in [-0.25, -0.2) is 5.01 Å². The van der Waals surface area contributed by atoms with Crippen LogP contribution in [-0.4, -0.2) is 19.3 Å². The smallest absolute Gasteiger partial charge is 0.418 e. The van der Waals surface area contributed by atoms with Crippen molar-refractivity contribution in [1.82, 2.24) is 5.01 Å². The van der Waals surface area contributed by atoms with Gasteiger partial charge in [0.2, 0.25) is 0 Å². The number of quaternary nitrogens is 1. The van der Waals surface area contributed by atoms with E-state index in [1.165, 1.54) is 22.6 Å². The van der Waals surface area contributed by atoms with Crippen LogP contribution in [0.4, 0.5) is 21.7 Å². The van der Waals surface area contributed by atoms with Gasteiger partial charge in [0.15, 0.2) is 0 Å². The van der Waals surface area contributed by atoms with Gasteiger partial charge in [0.1, 0.15) is 5.82 Å². The Bertz CT molecular complexity index is 242. The van der Waals surface area contributed by atoms with Crippen molar-refractivity contribution in [3.63, 3.8) is 0 Å². The van der Waals surface area contributed by atoms with Crippen LogP contribution in [0.5, 0.6) is 0 Å². The summed E-state index contributed by atoms with van der Waals surface area (Å²) in [6.45, 7) is 0. The molecule has 1 aliphatic heterocycles. The van der Waals surface area contributed by atoms with Crippen LogP contribution in [-0.2, 0) is 0 Å². The lowest BCUT2D eigenvalue weighted by molar-refractivity contribution is -0.764. The zero-order chi connectivity index (χ0) is 11.4. The van der Waals surface area contributed by atoms with Crippen molar-refractivity contribution in [3.05, 3.63) is 23.9 Å². The summed E-state index contributed by atoms with van der Waals surface area (Å²) in [6, 6.07) is 0. The maximum Gasteiger partial charge on any atom is 0.673 e. The predicted molar refractivity (Wildman–Crippen MR) is 41.3 cm³/mol. The van der Waals surface area contributed by atoms with E-state index in [2.05, 4.69) is 0 Å². The molecular weight excluding hydrogens is 208 g/mol. The van der Waals surface area contributed by atoms with Crippen molar-refractivity contribution < 1.29 is 27.1 Å². The standard InChI is InChI=1S/C5H8FN3.BF4/c1-9-5(7)3-2-4(6)8-9;2-1(3,4)5/h2-3,8H,7H2,1H3;/q;-1/p+1. The fraction of sp³-hybridized carbons (Fsp3) is 0.200. The van der Waals surface area contributed by atoms with Gasteiger partial charge in [0, 0.05) is 6.08 Å². The average Bonchev–Trinajstić information content (AvgIpc) is 1.94. The second-order valence-corrected chi connectivity index (χ2v) is 2.38. The van der Waals surface area contributed by atoms with Crippen LogP contribution in [0.2, 0.25) is 0 Å². The molecule has 1 heterocycles. The molecule has 0 aliphatic carbocycles. The molecule has 0 aromatic carbocycles. The van der Waals surface area contributed by atoms with E-state index >= 15 is 0 Å². The highest BCUT2D eigenvalue weighted by molar-refractivity contribution is 6.50. The number of nitrogens with two attached hydrogens (primary N) is 2. The van der Waals surface area contributed by atoms with E-state index in [1.807, 2.05) is 0 Å². The first kappa shape index (κ1) is 12.8. The Labute approximate surface area is 77.1 Å². The Balaban J connectivity index is 0.000000292. The summed E-state index contributed by atoms with van der Waals surface area (Å²) < 4.78 is 51.3. The topological polar surface area (TPSA) is 45.9 Å². The molecule has 0 radical (unpaired) electrons. The molecule has 0 atom stereocenters. The van der Waals surface area contributed by atoms with Gasteiger partial charge in [0.25, 0.3) is 0 Å². The van der Waals surface area contributed by atoms with Gasteiger partial charge in [-0.1, -0.05) is 0 Å². The third kappa shape index (κ3) is 7.41. The van der Waals surface area contributed by atoms with Crippen molar-refractivity contribution in [2.45, 2.75) is 0 Å². The molecule has 1 aliphatic rings. The normalized spacial score (nSPS) is 16.6. The summed E-state index contributed by atoms with van der Waals surface area (Å²) in [5, 5.41) is 1.52. The van der Waals surface area contributed by atoms with Crippen molar-refractivity contribution in [2.24, 2.45) is 5.73 Å². The SMILES string of the molecule is CN1[NH2+]C(F)=CC=C1N.F[B-](F)(F)F. The van der Waals surface area contributed by atoms with Gasteiger partial charge in [-0.2, -0.15) is 5.43 Å². The van der Waals surface area contributed by atoms with Crippen LogP contribution >= 0.6 is 0 Å².